The average molecular weight is 177 g/mol. The van der Waals surface area contributed by atoms with E-state index in [-0.39, 0.29) is 6.10 Å². The molecular weight excluding hydrogens is 162 g/mol. The zero-order valence-electron chi connectivity index (χ0n) is 8.16. The highest BCUT2D eigenvalue weighted by atomic mass is 16.6. The van der Waals surface area contributed by atoms with Gasteiger partial charge in [-0.3, -0.25) is 0 Å². The Bertz CT molecular complexity index is 274. The molecule has 1 unspecified atom stereocenters. The molecule has 0 N–H and O–H groups in total. The van der Waals surface area contributed by atoms with Crippen molar-refractivity contribution in [2.75, 3.05) is 0 Å². The molecule has 70 valence electrons. The minimum Gasteiger partial charge on any atom is -0.392 e. The second kappa shape index (κ2) is 4.65. The second-order valence-corrected chi connectivity index (χ2v) is 3.01. The fraction of sp³-hybridized carbons (Fsp3) is 0.364. The molecule has 1 heterocycles. The SMILES string of the molecule is C=C/C(=C\C=C/C)C1=NOC(C)C1. The van der Waals surface area contributed by atoms with E-state index >= 15 is 0 Å². The van der Waals surface area contributed by atoms with Gasteiger partial charge in [0.2, 0.25) is 0 Å². The van der Waals surface area contributed by atoms with Gasteiger partial charge >= 0.3 is 0 Å². The van der Waals surface area contributed by atoms with Crippen LogP contribution in [-0.2, 0) is 4.84 Å². The fourth-order valence-corrected chi connectivity index (χ4v) is 1.15. The van der Waals surface area contributed by atoms with Gasteiger partial charge in [-0.25, -0.2) is 0 Å². The van der Waals surface area contributed by atoms with Crippen LogP contribution in [0.25, 0.3) is 0 Å². The van der Waals surface area contributed by atoms with Crippen LogP contribution in [0.15, 0.2) is 41.6 Å². The molecule has 1 aliphatic heterocycles. The van der Waals surface area contributed by atoms with E-state index in [1.807, 2.05) is 32.1 Å². The monoisotopic (exact) mass is 177 g/mol. The zero-order chi connectivity index (χ0) is 9.68. The third-order valence-electron chi connectivity index (χ3n) is 1.85. The Morgan fingerprint density at radius 3 is 2.92 bits per heavy atom. The van der Waals surface area contributed by atoms with Crippen molar-refractivity contribution >= 4 is 5.71 Å². The summed E-state index contributed by atoms with van der Waals surface area (Å²) in [6.45, 7) is 7.73. The summed E-state index contributed by atoms with van der Waals surface area (Å²) < 4.78 is 0. The molecule has 13 heavy (non-hydrogen) atoms. The lowest BCUT2D eigenvalue weighted by Crippen LogP contribution is -2.03. The molecule has 0 spiro atoms. The highest BCUT2D eigenvalue weighted by Crippen LogP contribution is 2.16. The second-order valence-electron chi connectivity index (χ2n) is 3.01. The maximum Gasteiger partial charge on any atom is 0.130 e. The minimum absolute atomic E-state index is 0.198. The molecule has 0 aromatic carbocycles. The van der Waals surface area contributed by atoms with Crippen LogP contribution in [-0.4, -0.2) is 11.8 Å². The average Bonchev–Trinajstić information content (AvgIpc) is 2.54. The molecule has 1 aliphatic rings. The Morgan fingerprint density at radius 2 is 2.46 bits per heavy atom. The van der Waals surface area contributed by atoms with Crippen LogP contribution in [0.5, 0.6) is 0 Å². The van der Waals surface area contributed by atoms with E-state index in [4.69, 9.17) is 4.84 Å². The smallest absolute Gasteiger partial charge is 0.130 e. The lowest BCUT2D eigenvalue weighted by atomic mass is 10.1. The van der Waals surface area contributed by atoms with Gasteiger partial charge in [0.25, 0.3) is 0 Å². The number of oxime groups is 1. The van der Waals surface area contributed by atoms with Crippen molar-refractivity contribution in [3.05, 3.63) is 36.5 Å². The molecule has 1 atom stereocenters. The van der Waals surface area contributed by atoms with Crippen LogP contribution < -0.4 is 0 Å². The Morgan fingerprint density at radius 1 is 1.69 bits per heavy atom. The first kappa shape index (κ1) is 9.78. The van der Waals surface area contributed by atoms with Crippen molar-refractivity contribution in [2.45, 2.75) is 26.4 Å². The molecule has 0 fully saturated rings. The molecule has 0 saturated heterocycles. The summed E-state index contributed by atoms with van der Waals surface area (Å²) in [6, 6.07) is 0. The van der Waals surface area contributed by atoms with Crippen LogP contribution in [0.1, 0.15) is 20.3 Å². The Labute approximate surface area is 79.3 Å². The predicted octanol–water partition coefficient (Wildman–Crippen LogP) is 2.84. The molecule has 0 bridgehead atoms. The number of rotatable bonds is 3. The highest BCUT2D eigenvalue weighted by molar-refractivity contribution is 6.03. The number of hydrogen-bond acceptors (Lipinski definition) is 2. The quantitative estimate of drug-likeness (QED) is 0.607. The van der Waals surface area contributed by atoms with Gasteiger partial charge in [0.1, 0.15) is 6.10 Å². The number of hydrogen-bond donors (Lipinski definition) is 0. The molecule has 0 amide bonds. The van der Waals surface area contributed by atoms with E-state index in [1.54, 1.807) is 6.08 Å². The van der Waals surface area contributed by atoms with Crippen LogP contribution >= 0.6 is 0 Å². The largest absolute Gasteiger partial charge is 0.392 e. The molecule has 2 heteroatoms. The van der Waals surface area contributed by atoms with Gasteiger partial charge in [0.05, 0.1) is 5.71 Å². The van der Waals surface area contributed by atoms with E-state index in [1.165, 1.54) is 0 Å². The standard InChI is InChI=1S/C11H15NO/c1-4-6-7-10(5-2)11-8-9(3)13-12-11/h4-7,9H,2,8H2,1,3H3/b6-4-,10-7+. The highest BCUT2D eigenvalue weighted by Gasteiger charge is 2.17. The molecule has 0 aromatic rings. The maximum atomic E-state index is 5.10. The van der Waals surface area contributed by atoms with Crippen molar-refractivity contribution in [3.63, 3.8) is 0 Å². The number of allylic oxidation sites excluding steroid dienone is 5. The van der Waals surface area contributed by atoms with Gasteiger partial charge < -0.3 is 4.84 Å². The van der Waals surface area contributed by atoms with Gasteiger partial charge in [0.15, 0.2) is 0 Å². The summed E-state index contributed by atoms with van der Waals surface area (Å²) in [7, 11) is 0. The van der Waals surface area contributed by atoms with Crippen molar-refractivity contribution in [3.8, 4) is 0 Å². The summed E-state index contributed by atoms with van der Waals surface area (Å²) in [4.78, 5) is 5.10. The first-order chi connectivity index (χ1) is 6.27. The Hall–Kier alpha value is -1.31. The molecule has 0 aromatic heterocycles. The fourth-order valence-electron chi connectivity index (χ4n) is 1.15. The van der Waals surface area contributed by atoms with Crippen molar-refractivity contribution in [2.24, 2.45) is 5.16 Å². The van der Waals surface area contributed by atoms with E-state index in [0.717, 1.165) is 17.7 Å². The number of nitrogens with zero attached hydrogens (tertiary/aromatic N) is 1. The minimum atomic E-state index is 0.198. The zero-order valence-corrected chi connectivity index (χ0v) is 8.16. The molecule has 2 nitrogen and oxygen atoms in total. The lowest BCUT2D eigenvalue weighted by Gasteiger charge is -1.97. The van der Waals surface area contributed by atoms with E-state index in [9.17, 15) is 0 Å². The molecular formula is C11H15NO. The van der Waals surface area contributed by atoms with E-state index in [2.05, 4.69) is 11.7 Å². The third-order valence-corrected chi connectivity index (χ3v) is 1.85. The first-order valence-electron chi connectivity index (χ1n) is 4.46. The van der Waals surface area contributed by atoms with Gasteiger partial charge in [-0.2, -0.15) is 0 Å². The Balaban J connectivity index is 2.73. The Kier molecular flexibility index (Phi) is 3.50. The molecule has 0 radical (unpaired) electrons. The van der Waals surface area contributed by atoms with Crippen molar-refractivity contribution in [1.82, 2.24) is 0 Å². The van der Waals surface area contributed by atoms with Crippen LogP contribution in [0, 0.1) is 0 Å². The van der Waals surface area contributed by atoms with Crippen LogP contribution in [0.4, 0.5) is 0 Å². The lowest BCUT2D eigenvalue weighted by molar-refractivity contribution is 0.0995. The maximum absolute atomic E-state index is 5.10. The topological polar surface area (TPSA) is 21.6 Å². The summed E-state index contributed by atoms with van der Waals surface area (Å²) in [5.41, 5.74) is 2.03. The molecule has 1 rings (SSSR count). The summed E-state index contributed by atoms with van der Waals surface area (Å²) >= 11 is 0. The summed E-state index contributed by atoms with van der Waals surface area (Å²) in [5, 5.41) is 3.98. The van der Waals surface area contributed by atoms with Crippen LogP contribution in [0.3, 0.4) is 0 Å². The normalized spacial score (nSPS) is 23.1. The van der Waals surface area contributed by atoms with E-state index < -0.39 is 0 Å². The molecule has 0 aliphatic carbocycles. The van der Waals surface area contributed by atoms with E-state index in [0.29, 0.717) is 0 Å². The van der Waals surface area contributed by atoms with Crippen molar-refractivity contribution < 1.29 is 4.84 Å². The summed E-state index contributed by atoms with van der Waals surface area (Å²) in [6.07, 6.45) is 8.82. The van der Waals surface area contributed by atoms with Crippen LogP contribution in [0.2, 0.25) is 0 Å². The van der Waals surface area contributed by atoms with Crippen molar-refractivity contribution in [1.29, 1.82) is 0 Å². The summed E-state index contributed by atoms with van der Waals surface area (Å²) in [5.74, 6) is 0. The van der Waals surface area contributed by atoms with Gasteiger partial charge in [-0.1, -0.05) is 36.0 Å². The predicted molar refractivity (Wildman–Crippen MR) is 55.7 cm³/mol. The van der Waals surface area contributed by atoms with Gasteiger partial charge in [-0.15, -0.1) is 0 Å². The third kappa shape index (κ3) is 2.58. The van der Waals surface area contributed by atoms with Gasteiger partial charge in [-0.05, 0) is 19.4 Å². The van der Waals surface area contributed by atoms with Gasteiger partial charge in [0, 0.05) is 6.42 Å². The first-order valence-corrected chi connectivity index (χ1v) is 4.46. The molecule has 0 saturated carbocycles.